The zero-order valence-electron chi connectivity index (χ0n) is 6.56. The summed E-state index contributed by atoms with van der Waals surface area (Å²) in [5.74, 6) is 0. The lowest BCUT2D eigenvalue weighted by atomic mass is 10.1. The smallest absolute Gasteiger partial charge is 0.361 e. The molecule has 0 amide bonds. The topological polar surface area (TPSA) is 72.8 Å². The van der Waals surface area contributed by atoms with Crippen molar-refractivity contribution in [3.63, 3.8) is 0 Å². The van der Waals surface area contributed by atoms with E-state index in [4.69, 9.17) is 4.74 Å². The lowest BCUT2D eigenvalue weighted by molar-refractivity contribution is 0.0647. The number of hydrogen-bond donors (Lipinski definition) is 1. The molecule has 1 fully saturated rings. The Morgan fingerprint density at radius 1 is 1.50 bits per heavy atom. The van der Waals surface area contributed by atoms with Crippen molar-refractivity contribution in [1.29, 1.82) is 0 Å². The molecule has 2 heterocycles. The first kappa shape index (κ1) is 7.48. The number of H-pyrrole nitrogens is 1. The maximum atomic E-state index is 11.1. The molecule has 1 aliphatic heterocycles. The Balaban J connectivity index is 2.18. The molecule has 0 spiro atoms. The molecular formula is C6H10N4O2. The molecule has 1 aromatic heterocycles. The van der Waals surface area contributed by atoms with Crippen LogP contribution in [0.3, 0.4) is 0 Å². The average molecular weight is 170 g/mol. The molecule has 1 N–H and O–H groups in total. The summed E-state index contributed by atoms with van der Waals surface area (Å²) in [6.07, 6.45) is 1.68. The van der Waals surface area contributed by atoms with E-state index in [0.717, 1.165) is 12.8 Å². The number of rotatable bonds is 1. The van der Waals surface area contributed by atoms with Gasteiger partial charge in [-0.3, -0.25) is 0 Å². The van der Waals surface area contributed by atoms with Crippen LogP contribution in [0.1, 0.15) is 18.9 Å². The van der Waals surface area contributed by atoms with Crippen LogP contribution in [0.2, 0.25) is 0 Å². The van der Waals surface area contributed by atoms with Gasteiger partial charge in [-0.2, -0.15) is 4.68 Å². The molecule has 0 unspecified atom stereocenters. The standard InChI is InChI=1S/C6H10N4O2/c11-6-7-8-9-10(6)5-1-3-12-4-2-5/h5H,1-4H2,(H,7,9,11). The highest BCUT2D eigenvalue weighted by Gasteiger charge is 2.18. The lowest BCUT2D eigenvalue weighted by Crippen LogP contribution is -2.28. The van der Waals surface area contributed by atoms with Crippen LogP contribution in [0.25, 0.3) is 0 Å². The van der Waals surface area contributed by atoms with Gasteiger partial charge in [-0.1, -0.05) is 0 Å². The van der Waals surface area contributed by atoms with Crippen molar-refractivity contribution in [3.8, 4) is 0 Å². The van der Waals surface area contributed by atoms with Gasteiger partial charge in [0.25, 0.3) is 0 Å². The van der Waals surface area contributed by atoms with Gasteiger partial charge in [-0.05, 0) is 23.3 Å². The summed E-state index contributed by atoms with van der Waals surface area (Å²) in [7, 11) is 0. The van der Waals surface area contributed by atoms with Crippen LogP contribution < -0.4 is 5.69 Å². The van der Waals surface area contributed by atoms with E-state index in [-0.39, 0.29) is 11.7 Å². The number of nitrogens with one attached hydrogen (secondary N) is 1. The second kappa shape index (κ2) is 3.06. The molecule has 66 valence electrons. The van der Waals surface area contributed by atoms with E-state index >= 15 is 0 Å². The monoisotopic (exact) mass is 170 g/mol. The van der Waals surface area contributed by atoms with Crippen molar-refractivity contribution in [2.24, 2.45) is 0 Å². The maximum Gasteiger partial charge on any atom is 0.361 e. The van der Waals surface area contributed by atoms with Gasteiger partial charge in [-0.15, -0.1) is 0 Å². The Bertz CT molecular complexity index is 298. The molecule has 0 aliphatic carbocycles. The highest BCUT2D eigenvalue weighted by molar-refractivity contribution is 4.69. The van der Waals surface area contributed by atoms with E-state index in [9.17, 15) is 4.79 Å². The first-order valence-corrected chi connectivity index (χ1v) is 3.95. The fraction of sp³-hybridized carbons (Fsp3) is 0.833. The Morgan fingerprint density at radius 2 is 2.25 bits per heavy atom. The van der Waals surface area contributed by atoms with E-state index in [2.05, 4.69) is 15.5 Å². The molecule has 0 saturated carbocycles. The first-order chi connectivity index (χ1) is 5.88. The van der Waals surface area contributed by atoms with Crippen molar-refractivity contribution >= 4 is 0 Å². The van der Waals surface area contributed by atoms with Gasteiger partial charge in [0.2, 0.25) is 0 Å². The fourth-order valence-corrected chi connectivity index (χ4v) is 1.37. The van der Waals surface area contributed by atoms with E-state index in [1.54, 1.807) is 0 Å². The molecule has 6 heteroatoms. The third-order valence-corrected chi connectivity index (χ3v) is 2.03. The zero-order valence-corrected chi connectivity index (χ0v) is 6.56. The molecule has 0 bridgehead atoms. The molecule has 6 nitrogen and oxygen atoms in total. The molecule has 0 aromatic carbocycles. The predicted molar refractivity (Wildman–Crippen MR) is 39.7 cm³/mol. The summed E-state index contributed by atoms with van der Waals surface area (Å²) in [6, 6.07) is 0.157. The van der Waals surface area contributed by atoms with Gasteiger partial charge in [-0.25, -0.2) is 9.89 Å². The number of nitrogens with zero attached hydrogens (tertiary/aromatic N) is 3. The molecule has 0 radical (unpaired) electrons. The third kappa shape index (κ3) is 1.25. The zero-order chi connectivity index (χ0) is 8.39. The summed E-state index contributed by atoms with van der Waals surface area (Å²) in [5, 5.41) is 9.39. The van der Waals surface area contributed by atoms with E-state index in [1.807, 2.05) is 0 Å². The van der Waals surface area contributed by atoms with Gasteiger partial charge in [0, 0.05) is 13.2 Å². The summed E-state index contributed by atoms with van der Waals surface area (Å²) < 4.78 is 6.56. The van der Waals surface area contributed by atoms with Crippen molar-refractivity contribution in [1.82, 2.24) is 20.2 Å². The van der Waals surface area contributed by atoms with Crippen LogP contribution in [0.15, 0.2) is 4.79 Å². The van der Waals surface area contributed by atoms with E-state index in [0.29, 0.717) is 13.2 Å². The maximum absolute atomic E-state index is 11.1. The second-order valence-corrected chi connectivity index (χ2v) is 2.79. The minimum absolute atomic E-state index is 0.157. The van der Waals surface area contributed by atoms with Crippen LogP contribution in [0.5, 0.6) is 0 Å². The highest BCUT2D eigenvalue weighted by Crippen LogP contribution is 2.16. The van der Waals surface area contributed by atoms with Crippen LogP contribution in [0.4, 0.5) is 0 Å². The van der Waals surface area contributed by atoms with Gasteiger partial charge in [0.1, 0.15) is 0 Å². The van der Waals surface area contributed by atoms with Crippen molar-refractivity contribution in [3.05, 3.63) is 10.5 Å². The summed E-state index contributed by atoms with van der Waals surface area (Å²) in [6.45, 7) is 1.40. The number of ether oxygens (including phenoxy) is 1. The van der Waals surface area contributed by atoms with Crippen LogP contribution in [-0.2, 0) is 4.74 Å². The predicted octanol–water partition coefficient (Wildman–Crippen LogP) is -0.682. The van der Waals surface area contributed by atoms with E-state index in [1.165, 1.54) is 4.68 Å². The van der Waals surface area contributed by atoms with Gasteiger partial charge >= 0.3 is 5.69 Å². The van der Waals surface area contributed by atoms with Crippen LogP contribution in [-0.4, -0.2) is 33.4 Å². The molecule has 2 rings (SSSR count). The van der Waals surface area contributed by atoms with Gasteiger partial charge in [0.05, 0.1) is 6.04 Å². The Morgan fingerprint density at radius 3 is 2.83 bits per heavy atom. The fourth-order valence-electron chi connectivity index (χ4n) is 1.37. The minimum Gasteiger partial charge on any atom is -0.381 e. The largest absolute Gasteiger partial charge is 0.381 e. The molecule has 1 aromatic rings. The summed E-state index contributed by atoms with van der Waals surface area (Å²) in [5.41, 5.74) is -0.234. The molecule has 1 saturated heterocycles. The van der Waals surface area contributed by atoms with Crippen molar-refractivity contribution in [2.75, 3.05) is 13.2 Å². The van der Waals surface area contributed by atoms with Crippen molar-refractivity contribution in [2.45, 2.75) is 18.9 Å². The van der Waals surface area contributed by atoms with Gasteiger partial charge < -0.3 is 4.74 Å². The number of tetrazole rings is 1. The first-order valence-electron chi connectivity index (χ1n) is 3.95. The Kier molecular flexibility index (Phi) is 1.91. The molecule has 12 heavy (non-hydrogen) atoms. The van der Waals surface area contributed by atoms with Crippen molar-refractivity contribution < 1.29 is 4.74 Å². The summed E-state index contributed by atoms with van der Waals surface area (Å²) in [4.78, 5) is 11.1. The van der Waals surface area contributed by atoms with Gasteiger partial charge in [0.15, 0.2) is 0 Å². The Hall–Kier alpha value is -1.17. The normalized spacial score (nSPS) is 19.7. The summed E-state index contributed by atoms with van der Waals surface area (Å²) >= 11 is 0. The highest BCUT2D eigenvalue weighted by atomic mass is 16.5. The molecule has 0 atom stereocenters. The number of hydrogen-bond acceptors (Lipinski definition) is 4. The third-order valence-electron chi connectivity index (χ3n) is 2.03. The second-order valence-electron chi connectivity index (χ2n) is 2.79. The Labute approximate surface area is 68.5 Å². The molecular weight excluding hydrogens is 160 g/mol. The van der Waals surface area contributed by atoms with Crippen LogP contribution >= 0.6 is 0 Å². The number of aromatic amines is 1. The SMILES string of the molecule is O=c1[nH]nnn1C1CCOCC1. The van der Waals surface area contributed by atoms with Crippen LogP contribution in [0, 0.1) is 0 Å². The lowest BCUT2D eigenvalue weighted by Gasteiger charge is -2.20. The molecule has 1 aliphatic rings. The minimum atomic E-state index is -0.234. The number of aromatic nitrogens is 4. The van der Waals surface area contributed by atoms with E-state index < -0.39 is 0 Å². The average Bonchev–Trinajstić information content (AvgIpc) is 2.53. The quantitative estimate of drug-likeness (QED) is 0.606.